The highest BCUT2D eigenvalue weighted by molar-refractivity contribution is 5.86. The van der Waals surface area contributed by atoms with Crippen LogP contribution in [-0.2, 0) is 4.79 Å². The Kier molecular flexibility index (Phi) is 6.45. The molecular weight excluding hydrogens is 270 g/mol. The molecule has 0 spiro atoms. The van der Waals surface area contributed by atoms with E-state index in [2.05, 4.69) is 17.1 Å². The van der Waals surface area contributed by atoms with Gasteiger partial charge in [-0.1, -0.05) is 20.8 Å². The molecule has 1 aliphatic rings. The molecule has 1 fully saturated rings. The lowest BCUT2D eigenvalue weighted by Gasteiger charge is -2.32. The Bertz CT molecular complexity index is 369. The van der Waals surface area contributed by atoms with Crippen LogP contribution in [0.15, 0.2) is 0 Å². The minimum absolute atomic E-state index is 0.302. The van der Waals surface area contributed by atoms with Crippen molar-refractivity contribution in [2.75, 3.05) is 26.7 Å². The standard InChI is InChI=1S/C15H29N3O3/c1-5-15(6-2,13(19)20)16-14(21)17(4)11-12-9-8-10-18(12)7-3/h12H,5-11H2,1-4H3,(H,16,21)(H,19,20). The molecule has 1 heterocycles. The summed E-state index contributed by atoms with van der Waals surface area (Å²) in [6.07, 6.45) is 3.01. The van der Waals surface area contributed by atoms with E-state index in [0.29, 0.717) is 25.4 Å². The Labute approximate surface area is 127 Å². The third kappa shape index (κ3) is 4.09. The van der Waals surface area contributed by atoms with Crippen LogP contribution in [0.2, 0.25) is 0 Å². The van der Waals surface area contributed by atoms with Crippen molar-refractivity contribution in [1.29, 1.82) is 0 Å². The lowest BCUT2D eigenvalue weighted by atomic mass is 9.93. The number of carboxylic acids is 1. The van der Waals surface area contributed by atoms with Crippen molar-refractivity contribution in [1.82, 2.24) is 15.1 Å². The molecule has 0 radical (unpaired) electrons. The summed E-state index contributed by atoms with van der Waals surface area (Å²) in [6, 6.07) is 0.0808. The molecule has 0 aliphatic carbocycles. The van der Waals surface area contributed by atoms with Crippen LogP contribution in [0.1, 0.15) is 46.5 Å². The third-order valence-electron chi connectivity index (χ3n) is 4.70. The molecule has 1 aliphatic heterocycles. The molecule has 2 N–H and O–H groups in total. The van der Waals surface area contributed by atoms with Gasteiger partial charge in [-0.3, -0.25) is 4.90 Å². The van der Waals surface area contributed by atoms with E-state index in [1.54, 1.807) is 25.8 Å². The number of hydrogen-bond acceptors (Lipinski definition) is 3. The van der Waals surface area contributed by atoms with Gasteiger partial charge in [-0.15, -0.1) is 0 Å². The Morgan fingerprint density at radius 3 is 2.43 bits per heavy atom. The average Bonchev–Trinajstić information content (AvgIpc) is 2.91. The number of carbonyl (C=O) groups is 2. The number of amides is 2. The van der Waals surface area contributed by atoms with Gasteiger partial charge in [0.1, 0.15) is 5.54 Å². The van der Waals surface area contributed by atoms with Gasteiger partial charge in [0.05, 0.1) is 0 Å². The van der Waals surface area contributed by atoms with Crippen LogP contribution >= 0.6 is 0 Å². The monoisotopic (exact) mass is 299 g/mol. The van der Waals surface area contributed by atoms with E-state index in [1.807, 2.05) is 0 Å². The van der Waals surface area contributed by atoms with Gasteiger partial charge in [0, 0.05) is 19.6 Å². The summed E-state index contributed by atoms with van der Waals surface area (Å²) < 4.78 is 0. The summed E-state index contributed by atoms with van der Waals surface area (Å²) in [5.74, 6) is -0.967. The van der Waals surface area contributed by atoms with E-state index >= 15 is 0 Å². The van der Waals surface area contributed by atoms with Crippen molar-refractivity contribution in [3.05, 3.63) is 0 Å². The fourth-order valence-corrected chi connectivity index (χ4v) is 3.00. The van der Waals surface area contributed by atoms with E-state index in [1.165, 1.54) is 0 Å². The minimum Gasteiger partial charge on any atom is -0.480 e. The highest BCUT2D eigenvalue weighted by Crippen LogP contribution is 2.19. The zero-order valence-corrected chi connectivity index (χ0v) is 13.7. The maximum absolute atomic E-state index is 12.3. The first kappa shape index (κ1) is 17.8. The smallest absolute Gasteiger partial charge is 0.329 e. The molecule has 6 heteroatoms. The molecule has 1 rings (SSSR count). The maximum atomic E-state index is 12.3. The Morgan fingerprint density at radius 1 is 1.33 bits per heavy atom. The largest absolute Gasteiger partial charge is 0.480 e. The number of nitrogens with zero attached hydrogens (tertiary/aromatic N) is 2. The molecule has 6 nitrogen and oxygen atoms in total. The van der Waals surface area contributed by atoms with Gasteiger partial charge >= 0.3 is 12.0 Å². The molecule has 122 valence electrons. The summed E-state index contributed by atoms with van der Waals surface area (Å²) >= 11 is 0. The van der Waals surface area contributed by atoms with Crippen molar-refractivity contribution in [2.45, 2.75) is 58.0 Å². The number of likely N-dealkylation sites (tertiary alicyclic amines) is 1. The number of nitrogens with one attached hydrogen (secondary N) is 1. The van der Waals surface area contributed by atoms with Crippen molar-refractivity contribution in [3.8, 4) is 0 Å². The molecular formula is C15H29N3O3. The van der Waals surface area contributed by atoms with Gasteiger partial charge in [-0.25, -0.2) is 9.59 Å². The number of carbonyl (C=O) groups excluding carboxylic acids is 1. The number of hydrogen-bond donors (Lipinski definition) is 2. The summed E-state index contributed by atoms with van der Waals surface area (Å²) in [5.41, 5.74) is -1.16. The van der Waals surface area contributed by atoms with Gasteiger partial charge in [0.25, 0.3) is 0 Å². The van der Waals surface area contributed by atoms with Crippen LogP contribution in [0.5, 0.6) is 0 Å². The second-order valence-corrected chi connectivity index (χ2v) is 5.83. The maximum Gasteiger partial charge on any atom is 0.329 e. The molecule has 0 aromatic rings. The molecule has 0 saturated carbocycles. The van der Waals surface area contributed by atoms with Gasteiger partial charge in [0.15, 0.2) is 0 Å². The predicted octanol–water partition coefficient (Wildman–Crippen LogP) is 1.76. The highest BCUT2D eigenvalue weighted by Gasteiger charge is 2.37. The van der Waals surface area contributed by atoms with E-state index < -0.39 is 11.5 Å². The number of likely N-dealkylation sites (N-methyl/N-ethyl adjacent to an activating group) is 2. The zero-order valence-electron chi connectivity index (χ0n) is 13.7. The summed E-state index contributed by atoms with van der Waals surface area (Å²) in [5, 5.41) is 12.1. The van der Waals surface area contributed by atoms with Crippen LogP contribution in [0.4, 0.5) is 4.79 Å². The van der Waals surface area contributed by atoms with E-state index in [0.717, 1.165) is 25.9 Å². The van der Waals surface area contributed by atoms with Crippen LogP contribution < -0.4 is 5.32 Å². The molecule has 0 aromatic heterocycles. The number of carboxylic acid groups (broad SMARTS) is 1. The minimum atomic E-state index is -1.16. The van der Waals surface area contributed by atoms with E-state index in [-0.39, 0.29) is 6.03 Å². The second-order valence-electron chi connectivity index (χ2n) is 5.83. The number of rotatable bonds is 7. The fraction of sp³-hybridized carbons (Fsp3) is 0.867. The van der Waals surface area contributed by atoms with Gasteiger partial charge in [0.2, 0.25) is 0 Å². The normalized spacial score (nSPS) is 19.5. The molecule has 1 atom stereocenters. The van der Waals surface area contributed by atoms with E-state index in [9.17, 15) is 14.7 Å². The van der Waals surface area contributed by atoms with Crippen molar-refractivity contribution < 1.29 is 14.7 Å². The first-order valence-corrected chi connectivity index (χ1v) is 7.90. The van der Waals surface area contributed by atoms with E-state index in [4.69, 9.17) is 0 Å². The van der Waals surface area contributed by atoms with Gasteiger partial charge in [-0.2, -0.15) is 0 Å². The molecule has 0 aromatic carbocycles. The average molecular weight is 299 g/mol. The zero-order chi connectivity index (χ0) is 16.0. The first-order chi connectivity index (χ1) is 9.90. The van der Waals surface area contributed by atoms with Crippen molar-refractivity contribution in [2.24, 2.45) is 0 Å². The molecule has 21 heavy (non-hydrogen) atoms. The molecule has 1 saturated heterocycles. The second kappa shape index (κ2) is 7.64. The first-order valence-electron chi connectivity index (χ1n) is 7.90. The lowest BCUT2D eigenvalue weighted by Crippen LogP contribution is -2.57. The van der Waals surface area contributed by atoms with Gasteiger partial charge in [-0.05, 0) is 38.8 Å². The lowest BCUT2D eigenvalue weighted by molar-refractivity contribution is -0.144. The quantitative estimate of drug-likeness (QED) is 0.751. The Balaban J connectivity index is 2.63. The number of aliphatic carboxylic acids is 1. The number of urea groups is 1. The molecule has 2 amide bonds. The van der Waals surface area contributed by atoms with Crippen LogP contribution in [0.3, 0.4) is 0 Å². The fourth-order valence-electron chi connectivity index (χ4n) is 3.00. The van der Waals surface area contributed by atoms with Gasteiger partial charge < -0.3 is 15.3 Å². The third-order valence-corrected chi connectivity index (χ3v) is 4.70. The SMILES string of the molecule is CCN1CCCC1CN(C)C(=O)NC(CC)(CC)C(=O)O. The summed E-state index contributed by atoms with van der Waals surface area (Å²) in [6.45, 7) is 8.41. The highest BCUT2D eigenvalue weighted by atomic mass is 16.4. The summed E-state index contributed by atoms with van der Waals surface area (Å²) in [7, 11) is 1.74. The van der Waals surface area contributed by atoms with Crippen LogP contribution in [-0.4, -0.2) is 65.2 Å². The van der Waals surface area contributed by atoms with Crippen molar-refractivity contribution in [3.63, 3.8) is 0 Å². The predicted molar refractivity (Wildman–Crippen MR) is 82.4 cm³/mol. The Hall–Kier alpha value is -1.30. The van der Waals surface area contributed by atoms with Crippen molar-refractivity contribution >= 4 is 12.0 Å². The Morgan fingerprint density at radius 2 is 1.95 bits per heavy atom. The van der Waals surface area contributed by atoms with Crippen LogP contribution in [0, 0.1) is 0 Å². The molecule has 1 unspecified atom stereocenters. The topological polar surface area (TPSA) is 72.9 Å². The summed E-state index contributed by atoms with van der Waals surface area (Å²) in [4.78, 5) is 27.7. The van der Waals surface area contributed by atoms with Crippen LogP contribution in [0.25, 0.3) is 0 Å². The molecule has 0 bridgehead atoms.